The number of piperazine rings is 1. The van der Waals surface area contributed by atoms with Crippen LogP contribution in [0, 0.1) is 5.92 Å². The van der Waals surface area contributed by atoms with Crippen LogP contribution in [0.25, 0.3) is 0 Å². The Morgan fingerprint density at radius 2 is 1.91 bits per heavy atom. The summed E-state index contributed by atoms with van der Waals surface area (Å²) in [5.74, 6) is -0.236. The quantitative estimate of drug-likeness (QED) is 0.896. The van der Waals surface area contributed by atoms with E-state index in [-0.39, 0.29) is 13.2 Å². The molecule has 1 N–H and O–H groups in total. The topological polar surface area (TPSA) is 70.1 Å². The molecular weight excluding hydrogens is 296 g/mol. The number of carbonyl (C=O) groups excluding carboxylic acids is 1. The van der Waals surface area contributed by atoms with Gasteiger partial charge in [0.05, 0.1) is 6.54 Å². The smallest absolute Gasteiger partial charge is 0.410 e. The van der Waals surface area contributed by atoms with Gasteiger partial charge in [0.2, 0.25) is 0 Å². The van der Waals surface area contributed by atoms with Crippen molar-refractivity contribution in [2.45, 2.75) is 25.5 Å². The lowest BCUT2D eigenvalue weighted by Gasteiger charge is -2.38. The number of rotatable bonds is 5. The van der Waals surface area contributed by atoms with E-state index in [1.807, 2.05) is 35.2 Å². The molecule has 23 heavy (non-hydrogen) atoms. The Morgan fingerprint density at radius 1 is 1.17 bits per heavy atom. The first-order valence-corrected chi connectivity index (χ1v) is 8.06. The lowest BCUT2D eigenvalue weighted by molar-refractivity contribution is -0.145. The average molecular weight is 318 g/mol. The van der Waals surface area contributed by atoms with Gasteiger partial charge < -0.3 is 14.7 Å². The second-order valence-corrected chi connectivity index (χ2v) is 6.28. The van der Waals surface area contributed by atoms with E-state index in [0.29, 0.717) is 19.0 Å². The number of ether oxygens (including phenoxy) is 1. The summed E-state index contributed by atoms with van der Waals surface area (Å²) in [6.07, 6.45) is 1.93. The molecule has 3 rings (SSSR count). The van der Waals surface area contributed by atoms with Gasteiger partial charge in [0.25, 0.3) is 0 Å². The Balaban J connectivity index is 1.53. The van der Waals surface area contributed by atoms with Gasteiger partial charge in [-0.1, -0.05) is 30.3 Å². The third kappa shape index (κ3) is 4.22. The van der Waals surface area contributed by atoms with Gasteiger partial charge in [-0.15, -0.1) is 0 Å². The minimum absolute atomic E-state index is 0.190. The summed E-state index contributed by atoms with van der Waals surface area (Å²) in [6.45, 7) is 2.33. The Bertz CT molecular complexity index is 559. The van der Waals surface area contributed by atoms with Gasteiger partial charge in [-0.05, 0) is 24.3 Å². The van der Waals surface area contributed by atoms with Crippen molar-refractivity contribution in [3.63, 3.8) is 0 Å². The lowest BCUT2D eigenvalue weighted by Crippen LogP contribution is -2.58. The van der Waals surface area contributed by atoms with Crippen LogP contribution in [0.15, 0.2) is 30.3 Å². The van der Waals surface area contributed by atoms with Crippen molar-refractivity contribution in [2.24, 2.45) is 5.92 Å². The molecule has 1 saturated carbocycles. The standard InChI is InChI=1S/C17H22N2O4/c20-16(21)15-11-19(9-8-18(15)10-13-6-7-13)17(22)23-12-14-4-2-1-3-5-14/h1-5,13,15H,6-12H2,(H,20,21)/t15-/m0/s1. The Kier molecular flexibility index (Phi) is 4.81. The maximum Gasteiger partial charge on any atom is 0.410 e. The summed E-state index contributed by atoms with van der Waals surface area (Å²) >= 11 is 0. The first-order chi connectivity index (χ1) is 11.1. The van der Waals surface area contributed by atoms with Crippen LogP contribution >= 0.6 is 0 Å². The number of hydrogen-bond donors (Lipinski definition) is 1. The highest BCUT2D eigenvalue weighted by atomic mass is 16.6. The van der Waals surface area contributed by atoms with E-state index in [4.69, 9.17) is 4.74 Å². The molecule has 0 unspecified atom stereocenters. The molecule has 6 nitrogen and oxygen atoms in total. The van der Waals surface area contributed by atoms with E-state index >= 15 is 0 Å². The van der Waals surface area contributed by atoms with Gasteiger partial charge in [-0.2, -0.15) is 0 Å². The van der Waals surface area contributed by atoms with Crippen molar-refractivity contribution in [3.05, 3.63) is 35.9 Å². The summed E-state index contributed by atoms with van der Waals surface area (Å²) in [7, 11) is 0. The number of benzene rings is 1. The molecule has 0 aromatic heterocycles. The van der Waals surface area contributed by atoms with Crippen molar-refractivity contribution in [2.75, 3.05) is 26.2 Å². The summed E-state index contributed by atoms with van der Waals surface area (Å²) in [5.41, 5.74) is 0.919. The maximum absolute atomic E-state index is 12.2. The number of carboxylic acid groups (broad SMARTS) is 1. The van der Waals surface area contributed by atoms with Crippen LogP contribution in [0.3, 0.4) is 0 Å². The van der Waals surface area contributed by atoms with E-state index in [0.717, 1.165) is 12.1 Å². The Labute approximate surface area is 135 Å². The molecule has 2 aliphatic rings. The number of nitrogens with zero attached hydrogens (tertiary/aromatic N) is 2. The average Bonchev–Trinajstić information content (AvgIpc) is 3.37. The molecular formula is C17H22N2O4. The third-order valence-corrected chi connectivity index (χ3v) is 4.43. The highest BCUT2D eigenvalue weighted by molar-refractivity contribution is 5.76. The summed E-state index contributed by atoms with van der Waals surface area (Å²) in [4.78, 5) is 27.2. The predicted molar refractivity (Wildman–Crippen MR) is 83.9 cm³/mol. The van der Waals surface area contributed by atoms with Crippen LogP contribution in [-0.4, -0.2) is 59.2 Å². The highest BCUT2D eigenvalue weighted by Gasteiger charge is 2.37. The number of aliphatic carboxylic acids is 1. The van der Waals surface area contributed by atoms with Crippen molar-refractivity contribution in [1.82, 2.24) is 9.80 Å². The fourth-order valence-electron chi connectivity index (χ4n) is 2.88. The molecule has 0 radical (unpaired) electrons. The van der Waals surface area contributed by atoms with E-state index in [1.54, 1.807) is 0 Å². The third-order valence-electron chi connectivity index (χ3n) is 4.43. The van der Waals surface area contributed by atoms with Crippen molar-refractivity contribution >= 4 is 12.1 Å². The van der Waals surface area contributed by atoms with Crippen molar-refractivity contribution in [1.29, 1.82) is 0 Å². The predicted octanol–water partition coefficient (Wildman–Crippen LogP) is 1.80. The van der Waals surface area contributed by atoms with E-state index < -0.39 is 18.1 Å². The second-order valence-electron chi connectivity index (χ2n) is 6.28. The zero-order chi connectivity index (χ0) is 16.2. The SMILES string of the molecule is O=C(O)[C@@H]1CN(C(=O)OCc2ccccc2)CCN1CC1CC1. The van der Waals surface area contributed by atoms with Crippen LogP contribution < -0.4 is 0 Å². The molecule has 1 saturated heterocycles. The van der Waals surface area contributed by atoms with Crippen LogP contribution in [0.2, 0.25) is 0 Å². The Morgan fingerprint density at radius 3 is 2.57 bits per heavy atom. The fraction of sp³-hybridized carbons (Fsp3) is 0.529. The van der Waals surface area contributed by atoms with Crippen LogP contribution in [0.4, 0.5) is 4.79 Å². The van der Waals surface area contributed by atoms with Crippen LogP contribution in [0.5, 0.6) is 0 Å². The molecule has 1 amide bonds. The molecule has 2 fully saturated rings. The fourth-order valence-corrected chi connectivity index (χ4v) is 2.88. The molecule has 6 heteroatoms. The molecule has 0 spiro atoms. The van der Waals surface area contributed by atoms with E-state index in [2.05, 4.69) is 0 Å². The highest BCUT2D eigenvalue weighted by Crippen LogP contribution is 2.31. The molecule has 1 heterocycles. The molecule has 124 valence electrons. The number of amides is 1. The first kappa shape index (κ1) is 15.8. The van der Waals surface area contributed by atoms with Crippen LogP contribution in [-0.2, 0) is 16.1 Å². The summed E-state index contributed by atoms with van der Waals surface area (Å²) in [5, 5.41) is 9.43. The molecule has 1 aliphatic carbocycles. The van der Waals surface area contributed by atoms with Gasteiger partial charge in [0.15, 0.2) is 0 Å². The van der Waals surface area contributed by atoms with Gasteiger partial charge in [-0.25, -0.2) is 4.79 Å². The Hall–Kier alpha value is -2.08. The zero-order valence-electron chi connectivity index (χ0n) is 13.1. The minimum atomic E-state index is -0.869. The minimum Gasteiger partial charge on any atom is -0.480 e. The number of hydrogen-bond acceptors (Lipinski definition) is 4. The first-order valence-electron chi connectivity index (χ1n) is 8.06. The van der Waals surface area contributed by atoms with Gasteiger partial charge >= 0.3 is 12.1 Å². The molecule has 1 aromatic carbocycles. The van der Waals surface area contributed by atoms with Gasteiger partial charge in [0, 0.05) is 19.6 Å². The van der Waals surface area contributed by atoms with Crippen molar-refractivity contribution in [3.8, 4) is 0 Å². The summed E-state index contributed by atoms with van der Waals surface area (Å²) < 4.78 is 5.30. The van der Waals surface area contributed by atoms with Crippen molar-refractivity contribution < 1.29 is 19.4 Å². The van der Waals surface area contributed by atoms with E-state index in [9.17, 15) is 14.7 Å². The molecule has 1 aliphatic heterocycles. The number of carbonyl (C=O) groups is 2. The van der Waals surface area contributed by atoms with Gasteiger partial charge in [0.1, 0.15) is 12.6 Å². The molecule has 0 bridgehead atoms. The molecule has 1 aromatic rings. The zero-order valence-corrected chi connectivity index (χ0v) is 13.1. The van der Waals surface area contributed by atoms with Gasteiger partial charge in [-0.3, -0.25) is 9.69 Å². The van der Waals surface area contributed by atoms with Crippen LogP contribution in [0.1, 0.15) is 18.4 Å². The number of carboxylic acids is 1. The summed E-state index contributed by atoms with van der Waals surface area (Å²) in [6, 6.07) is 8.83. The van der Waals surface area contributed by atoms with E-state index in [1.165, 1.54) is 17.7 Å². The largest absolute Gasteiger partial charge is 0.480 e. The maximum atomic E-state index is 12.2. The monoisotopic (exact) mass is 318 g/mol. The lowest BCUT2D eigenvalue weighted by atomic mass is 10.1. The molecule has 1 atom stereocenters. The normalized spacial score (nSPS) is 21.9. The second kappa shape index (κ2) is 7.00.